The Morgan fingerprint density at radius 2 is 1.94 bits per heavy atom. The van der Waals surface area contributed by atoms with Crippen LogP contribution in [0.15, 0.2) is 18.2 Å². The smallest absolute Gasteiger partial charge is 0.263 e. The van der Waals surface area contributed by atoms with Gasteiger partial charge in [-0.2, -0.15) is 0 Å². The molecule has 1 N–H and O–H groups in total. The molecular formula is C13H17F3N2. The van der Waals surface area contributed by atoms with Gasteiger partial charge in [0.25, 0.3) is 6.43 Å². The molecule has 0 unspecified atom stereocenters. The molecule has 1 saturated heterocycles. The lowest BCUT2D eigenvalue weighted by Crippen LogP contribution is -2.44. The molecule has 0 bridgehead atoms. The highest BCUT2D eigenvalue weighted by molar-refractivity contribution is 5.26. The highest BCUT2D eigenvalue weighted by Gasteiger charge is 2.13. The van der Waals surface area contributed by atoms with Crippen LogP contribution < -0.4 is 5.32 Å². The molecule has 2 rings (SSSR count). The predicted molar refractivity (Wildman–Crippen MR) is 64.4 cm³/mol. The van der Waals surface area contributed by atoms with Crippen molar-refractivity contribution in [3.05, 3.63) is 35.1 Å². The number of alkyl halides is 2. The summed E-state index contributed by atoms with van der Waals surface area (Å²) in [6.45, 7) is 4.43. The van der Waals surface area contributed by atoms with Crippen molar-refractivity contribution in [1.29, 1.82) is 0 Å². The minimum Gasteiger partial charge on any atom is -0.314 e. The second-order valence-electron chi connectivity index (χ2n) is 4.49. The van der Waals surface area contributed by atoms with E-state index >= 15 is 0 Å². The minimum absolute atomic E-state index is 0.105. The summed E-state index contributed by atoms with van der Waals surface area (Å²) in [6.07, 6.45) is -2.06. The van der Waals surface area contributed by atoms with Crippen molar-refractivity contribution in [2.45, 2.75) is 12.8 Å². The highest BCUT2D eigenvalue weighted by atomic mass is 19.3. The van der Waals surface area contributed by atoms with E-state index in [-0.39, 0.29) is 5.56 Å². The zero-order chi connectivity index (χ0) is 13.0. The first kappa shape index (κ1) is 13.4. The lowest BCUT2D eigenvalue weighted by molar-refractivity contribution is 0.151. The Balaban J connectivity index is 1.97. The van der Waals surface area contributed by atoms with Crippen molar-refractivity contribution in [2.24, 2.45) is 0 Å². The van der Waals surface area contributed by atoms with E-state index in [1.807, 2.05) is 0 Å². The van der Waals surface area contributed by atoms with Crippen LogP contribution in [0.2, 0.25) is 0 Å². The van der Waals surface area contributed by atoms with Crippen molar-refractivity contribution in [3.63, 3.8) is 0 Å². The normalized spacial score (nSPS) is 17.3. The van der Waals surface area contributed by atoms with Crippen LogP contribution >= 0.6 is 0 Å². The van der Waals surface area contributed by atoms with Crippen molar-refractivity contribution in [3.8, 4) is 0 Å². The van der Waals surface area contributed by atoms with Gasteiger partial charge in [-0.15, -0.1) is 0 Å². The van der Waals surface area contributed by atoms with E-state index in [0.29, 0.717) is 18.5 Å². The molecule has 1 aromatic carbocycles. The Morgan fingerprint density at radius 1 is 1.22 bits per heavy atom. The molecule has 1 fully saturated rings. The van der Waals surface area contributed by atoms with Gasteiger partial charge in [-0.25, -0.2) is 13.2 Å². The summed E-state index contributed by atoms with van der Waals surface area (Å²) in [5.41, 5.74) is 0.276. The molecule has 0 aliphatic carbocycles. The number of piperazine rings is 1. The third-order valence-corrected chi connectivity index (χ3v) is 3.23. The molecule has 0 amide bonds. The Bertz CT molecular complexity index is 390. The number of hydrogen-bond acceptors (Lipinski definition) is 2. The topological polar surface area (TPSA) is 15.3 Å². The molecule has 5 heteroatoms. The zero-order valence-electron chi connectivity index (χ0n) is 10.1. The average molecular weight is 258 g/mol. The first-order chi connectivity index (χ1) is 8.66. The summed E-state index contributed by atoms with van der Waals surface area (Å²) in [5, 5.41) is 3.23. The third kappa shape index (κ3) is 3.46. The van der Waals surface area contributed by atoms with Crippen molar-refractivity contribution in [2.75, 3.05) is 32.7 Å². The minimum atomic E-state index is -2.54. The van der Waals surface area contributed by atoms with Crippen molar-refractivity contribution >= 4 is 0 Å². The largest absolute Gasteiger partial charge is 0.314 e. The van der Waals surface area contributed by atoms with E-state index in [2.05, 4.69) is 10.2 Å². The van der Waals surface area contributed by atoms with Crippen LogP contribution in [0.25, 0.3) is 0 Å². The summed E-state index contributed by atoms with van der Waals surface area (Å²) in [6, 6.07) is 3.56. The molecule has 100 valence electrons. The van der Waals surface area contributed by atoms with E-state index in [4.69, 9.17) is 0 Å². The maximum absolute atomic E-state index is 13.5. The molecule has 1 aromatic rings. The fraction of sp³-hybridized carbons (Fsp3) is 0.538. The van der Waals surface area contributed by atoms with E-state index in [0.717, 1.165) is 38.3 Å². The Hall–Kier alpha value is -1.07. The summed E-state index contributed by atoms with van der Waals surface area (Å²) in [5.74, 6) is -0.394. The second-order valence-corrected chi connectivity index (χ2v) is 4.49. The van der Waals surface area contributed by atoms with Gasteiger partial charge in [0.15, 0.2) is 0 Å². The molecule has 1 aliphatic heterocycles. The van der Waals surface area contributed by atoms with E-state index in [1.54, 1.807) is 0 Å². The van der Waals surface area contributed by atoms with Crippen LogP contribution in [0.5, 0.6) is 0 Å². The standard InChI is InChI=1S/C13H17F3N2/c14-12-2-1-11(13(15)16)9-10(12)3-6-18-7-4-17-5-8-18/h1-2,9,13,17H,3-8H2. The van der Waals surface area contributed by atoms with Gasteiger partial charge in [-0.05, 0) is 24.1 Å². The van der Waals surface area contributed by atoms with Gasteiger partial charge < -0.3 is 10.2 Å². The molecule has 0 atom stereocenters. The van der Waals surface area contributed by atoms with E-state index in [1.165, 1.54) is 6.07 Å². The average Bonchev–Trinajstić information content (AvgIpc) is 2.38. The molecule has 1 aliphatic rings. The molecule has 2 nitrogen and oxygen atoms in total. The van der Waals surface area contributed by atoms with Crippen LogP contribution in [-0.4, -0.2) is 37.6 Å². The first-order valence-electron chi connectivity index (χ1n) is 6.16. The van der Waals surface area contributed by atoms with E-state index < -0.39 is 12.2 Å². The number of benzene rings is 1. The molecule has 0 saturated carbocycles. The molecular weight excluding hydrogens is 241 g/mol. The number of halogens is 3. The number of rotatable bonds is 4. The maximum atomic E-state index is 13.5. The summed E-state index contributed by atoms with van der Waals surface area (Å²) in [7, 11) is 0. The Labute approximate surface area is 105 Å². The fourth-order valence-corrected chi connectivity index (χ4v) is 2.14. The number of nitrogens with one attached hydrogen (secondary N) is 1. The molecule has 18 heavy (non-hydrogen) atoms. The monoisotopic (exact) mass is 258 g/mol. The number of nitrogens with zero attached hydrogens (tertiary/aromatic N) is 1. The van der Waals surface area contributed by atoms with Crippen LogP contribution in [0.1, 0.15) is 17.6 Å². The molecule has 0 spiro atoms. The van der Waals surface area contributed by atoms with E-state index in [9.17, 15) is 13.2 Å². The lowest BCUT2D eigenvalue weighted by Gasteiger charge is -2.27. The molecule has 1 heterocycles. The second kappa shape index (κ2) is 6.20. The van der Waals surface area contributed by atoms with Crippen LogP contribution in [0.3, 0.4) is 0 Å². The summed E-state index contributed by atoms with van der Waals surface area (Å²) >= 11 is 0. The summed E-state index contributed by atoms with van der Waals surface area (Å²) in [4.78, 5) is 2.21. The van der Waals surface area contributed by atoms with Gasteiger partial charge >= 0.3 is 0 Å². The highest BCUT2D eigenvalue weighted by Crippen LogP contribution is 2.21. The number of hydrogen-bond donors (Lipinski definition) is 1. The van der Waals surface area contributed by atoms with Gasteiger partial charge in [-0.1, -0.05) is 6.07 Å². The van der Waals surface area contributed by atoms with Gasteiger partial charge in [0, 0.05) is 38.3 Å². The van der Waals surface area contributed by atoms with Gasteiger partial charge in [0.05, 0.1) is 0 Å². The first-order valence-corrected chi connectivity index (χ1v) is 6.16. The van der Waals surface area contributed by atoms with Crippen molar-refractivity contribution in [1.82, 2.24) is 10.2 Å². The van der Waals surface area contributed by atoms with Crippen LogP contribution in [0.4, 0.5) is 13.2 Å². The molecule has 0 aromatic heterocycles. The quantitative estimate of drug-likeness (QED) is 0.890. The van der Waals surface area contributed by atoms with Crippen molar-refractivity contribution < 1.29 is 13.2 Å². The fourth-order valence-electron chi connectivity index (χ4n) is 2.14. The van der Waals surface area contributed by atoms with Gasteiger partial charge in [0.1, 0.15) is 5.82 Å². The maximum Gasteiger partial charge on any atom is 0.263 e. The van der Waals surface area contributed by atoms with Crippen LogP contribution in [-0.2, 0) is 6.42 Å². The molecule has 0 radical (unpaired) electrons. The predicted octanol–water partition coefficient (Wildman–Crippen LogP) is 2.21. The van der Waals surface area contributed by atoms with Gasteiger partial charge in [0.2, 0.25) is 0 Å². The Morgan fingerprint density at radius 3 is 2.61 bits per heavy atom. The Kier molecular flexibility index (Phi) is 4.60. The zero-order valence-corrected chi connectivity index (χ0v) is 10.1. The SMILES string of the molecule is Fc1ccc(C(F)F)cc1CCN1CCNCC1. The third-order valence-electron chi connectivity index (χ3n) is 3.23. The summed E-state index contributed by atoms with van der Waals surface area (Å²) < 4.78 is 38.6. The van der Waals surface area contributed by atoms with Gasteiger partial charge in [-0.3, -0.25) is 0 Å². The van der Waals surface area contributed by atoms with Crippen LogP contribution in [0, 0.1) is 5.82 Å². The lowest BCUT2D eigenvalue weighted by atomic mass is 10.1.